The van der Waals surface area contributed by atoms with Gasteiger partial charge < -0.3 is 4.79 Å². The molecule has 3 aromatic rings. The van der Waals surface area contributed by atoms with E-state index in [2.05, 4.69) is 17.0 Å². The fourth-order valence-electron chi connectivity index (χ4n) is 2.87. The fraction of sp³-hybridized carbons (Fsp3) is 0.278. The minimum atomic E-state index is -0.264. The van der Waals surface area contributed by atoms with Crippen LogP contribution in [0.4, 0.5) is 4.39 Å². The van der Waals surface area contributed by atoms with Crippen LogP contribution in [0.2, 0.25) is 0 Å². The molecule has 0 bridgehead atoms. The molecule has 0 unspecified atom stereocenters. The molecule has 0 N–H and O–H groups in total. The maximum atomic E-state index is 13.2. The summed E-state index contributed by atoms with van der Waals surface area (Å²) in [6, 6.07) is 8.38. The second-order valence-corrected chi connectivity index (χ2v) is 6.38. The molecular formula is C18H16FN3O. The lowest BCUT2D eigenvalue weighted by atomic mass is 9.98. The van der Waals surface area contributed by atoms with E-state index in [1.165, 1.54) is 12.1 Å². The molecule has 0 aliphatic heterocycles. The Morgan fingerprint density at radius 2 is 2.04 bits per heavy atom. The molecule has 0 amide bonds. The van der Waals surface area contributed by atoms with Crippen molar-refractivity contribution in [2.24, 2.45) is 0 Å². The van der Waals surface area contributed by atoms with E-state index in [1.807, 2.05) is 6.07 Å². The van der Waals surface area contributed by atoms with Crippen LogP contribution in [-0.2, 0) is 16.6 Å². The minimum absolute atomic E-state index is 0.114. The first-order valence-electron chi connectivity index (χ1n) is 7.68. The van der Waals surface area contributed by atoms with Crippen molar-refractivity contribution in [1.29, 1.82) is 0 Å². The molecule has 4 nitrogen and oxygen atoms in total. The molecule has 116 valence electrons. The first kappa shape index (κ1) is 14.1. The summed E-state index contributed by atoms with van der Waals surface area (Å²) in [6.45, 7) is 2.21. The Balaban J connectivity index is 1.92. The van der Waals surface area contributed by atoms with E-state index < -0.39 is 0 Å². The highest BCUT2D eigenvalue weighted by atomic mass is 19.1. The molecule has 1 fully saturated rings. The van der Waals surface area contributed by atoms with Gasteiger partial charge in [0.15, 0.2) is 5.65 Å². The van der Waals surface area contributed by atoms with Gasteiger partial charge in [0.2, 0.25) is 0 Å². The van der Waals surface area contributed by atoms with Gasteiger partial charge in [-0.1, -0.05) is 6.92 Å². The summed E-state index contributed by atoms with van der Waals surface area (Å²) in [7, 11) is 0. The van der Waals surface area contributed by atoms with E-state index in [-0.39, 0.29) is 17.7 Å². The number of imidazole rings is 1. The van der Waals surface area contributed by atoms with Crippen LogP contribution in [-0.4, -0.2) is 20.9 Å². The van der Waals surface area contributed by atoms with Crippen LogP contribution in [0.15, 0.2) is 36.5 Å². The number of hydrogen-bond donors (Lipinski definition) is 0. The Morgan fingerprint density at radius 3 is 2.70 bits per heavy atom. The molecule has 2 aromatic heterocycles. The highest BCUT2D eigenvalue weighted by molar-refractivity contribution is 5.66. The van der Waals surface area contributed by atoms with Crippen LogP contribution in [0, 0.1) is 5.82 Å². The standard InChI is InChI=1S/C18H16FN3O/c1-18(7-8-18)15-10-16(12-2-4-13(19)5-3-12)21-22-11-14(6-9-23)20-17(15)22/h2-5,9-11H,6-8H2,1H3. The fourth-order valence-corrected chi connectivity index (χ4v) is 2.87. The van der Waals surface area contributed by atoms with Gasteiger partial charge in [0, 0.05) is 17.5 Å². The van der Waals surface area contributed by atoms with Gasteiger partial charge in [0.1, 0.15) is 12.1 Å². The van der Waals surface area contributed by atoms with Crippen molar-refractivity contribution in [3.8, 4) is 11.3 Å². The molecule has 1 aliphatic rings. The average Bonchev–Trinajstić information content (AvgIpc) is 3.15. The van der Waals surface area contributed by atoms with Crippen molar-refractivity contribution in [1.82, 2.24) is 14.6 Å². The predicted molar refractivity (Wildman–Crippen MR) is 84.7 cm³/mol. The van der Waals surface area contributed by atoms with Crippen molar-refractivity contribution in [2.75, 3.05) is 0 Å². The molecular weight excluding hydrogens is 293 g/mol. The number of hydrogen-bond acceptors (Lipinski definition) is 3. The molecule has 1 aliphatic carbocycles. The van der Waals surface area contributed by atoms with Gasteiger partial charge in [0.05, 0.1) is 17.6 Å². The Morgan fingerprint density at radius 1 is 1.30 bits per heavy atom. The third-order valence-corrected chi connectivity index (χ3v) is 4.56. The van der Waals surface area contributed by atoms with Gasteiger partial charge in [-0.05, 0) is 48.6 Å². The molecule has 5 heteroatoms. The summed E-state index contributed by atoms with van der Waals surface area (Å²) in [4.78, 5) is 15.3. The number of fused-ring (bicyclic) bond motifs is 1. The van der Waals surface area contributed by atoms with Gasteiger partial charge in [-0.2, -0.15) is 5.10 Å². The number of halogens is 1. The lowest BCUT2D eigenvalue weighted by molar-refractivity contribution is -0.107. The molecule has 0 atom stereocenters. The number of nitrogens with zero attached hydrogens (tertiary/aromatic N) is 3. The summed E-state index contributed by atoms with van der Waals surface area (Å²) in [5.41, 5.74) is 4.44. The smallest absolute Gasteiger partial charge is 0.157 e. The maximum Gasteiger partial charge on any atom is 0.157 e. The van der Waals surface area contributed by atoms with E-state index in [9.17, 15) is 9.18 Å². The molecule has 23 heavy (non-hydrogen) atoms. The summed E-state index contributed by atoms with van der Waals surface area (Å²) < 4.78 is 14.9. The molecule has 2 heterocycles. The maximum absolute atomic E-state index is 13.2. The van der Waals surface area contributed by atoms with Crippen molar-refractivity contribution in [3.05, 3.63) is 53.6 Å². The molecule has 1 saturated carbocycles. The predicted octanol–water partition coefficient (Wildman–Crippen LogP) is 3.33. The van der Waals surface area contributed by atoms with Crippen molar-refractivity contribution in [2.45, 2.75) is 31.6 Å². The SMILES string of the molecule is CC1(c2cc(-c3ccc(F)cc3)nn3cc(CC=O)nc23)CC1. The molecule has 0 radical (unpaired) electrons. The Hall–Kier alpha value is -2.56. The van der Waals surface area contributed by atoms with E-state index >= 15 is 0 Å². The average molecular weight is 309 g/mol. The van der Waals surface area contributed by atoms with Crippen LogP contribution in [0.5, 0.6) is 0 Å². The summed E-state index contributed by atoms with van der Waals surface area (Å²) in [6.07, 6.45) is 5.16. The zero-order valence-corrected chi connectivity index (χ0v) is 12.8. The number of aldehydes is 1. The van der Waals surface area contributed by atoms with Gasteiger partial charge in [-0.25, -0.2) is 13.9 Å². The van der Waals surface area contributed by atoms with E-state index in [0.717, 1.165) is 41.6 Å². The number of aromatic nitrogens is 3. The highest BCUT2D eigenvalue weighted by Gasteiger charge is 2.41. The van der Waals surface area contributed by atoms with Crippen molar-refractivity contribution >= 4 is 11.9 Å². The number of carbonyl (C=O) groups excluding carboxylic acids is 1. The van der Waals surface area contributed by atoms with Crippen molar-refractivity contribution in [3.63, 3.8) is 0 Å². The Bertz CT molecular complexity index is 895. The molecule has 1 aromatic carbocycles. The normalized spacial score (nSPS) is 15.7. The molecule has 0 spiro atoms. The van der Waals surface area contributed by atoms with Crippen LogP contribution in [0.3, 0.4) is 0 Å². The third kappa shape index (κ3) is 2.42. The second-order valence-electron chi connectivity index (χ2n) is 6.38. The first-order chi connectivity index (χ1) is 11.1. The third-order valence-electron chi connectivity index (χ3n) is 4.56. The van der Waals surface area contributed by atoms with E-state index in [4.69, 9.17) is 0 Å². The van der Waals surface area contributed by atoms with Crippen molar-refractivity contribution < 1.29 is 9.18 Å². The monoisotopic (exact) mass is 309 g/mol. The topological polar surface area (TPSA) is 47.3 Å². The van der Waals surface area contributed by atoms with Gasteiger partial charge >= 0.3 is 0 Å². The first-order valence-corrected chi connectivity index (χ1v) is 7.68. The number of benzene rings is 1. The minimum Gasteiger partial charge on any atom is -0.303 e. The molecule has 0 saturated heterocycles. The van der Waals surface area contributed by atoms with Gasteiger partial charge in [-0.3, -0.25) is 0 Å². The lowest BCUT2D eigenvalue weighted by Crippen LogP contribution is -2.06. The summed E-state index contributed by atoms with van der Waals surface area (Å²) in [5.74, 6) is -0.264. The lowest BCUT2D eigenvalue weighted by Gasteiger charge is -2.12. The van der Waals surface area contributed by atoms with E-state index in [1.54, 1.807) is 22.8 Å². The number of carbonyl (C=O) groups is 1. The van der Waals surface area contributed by atoms with Crippen LogP contribution in [0.25, 0.3) is 16.9 Å². The largest absolute Gasteiger partial charge is 0.303 e. The van der Waals surface area contributed by atoms with E-state index in [0.29, 0.717) is 5.69 Å². The second kappa shape index (κ2) is 4.98. The summed E-state index contributed by atoms with van der Waals surface area (Å²) >= 11 is 0. The van der Waals surface area contributed by atoms with Crippen LogP contribution < -0.4 is 0 Å². The molecule has 4 rings (SSSR count). The highest BCUT2D eigenvalue weighted by Crippen LogP contribution is 2.49. The Labute approximate surface area is 133 Å². The quantitative estimate of drug-likeness (QED) is 0.695. The van der Waals surface area contributed by atoms with Crippen LogP contribution in [0.1, 0.15) is 31.0 Å². The Kier molecular flexibility index (Phi) is 3.04. The van der Waals surface area contributed by atoms with Gasteiger partial charge in [-0.15, -0.1) is 0 Å². The zero-order valence-electron chi connectivity index (χ0n) is 12.8. The number of rotatable bonds is 4. The van der Waals surface area contributed by atoms with Gasteiger partial charge in [0.25, 0.3) is 0 Å². The zero-order chi connectivity index (χ0) is 16.0. The summed E-state index contributed by atoms with van der Waals surface area (Å²) in [5, 5.41) is 4.60. The van der Waals surface area contributed by atoms with Crippen LogP contribution >= 0.6 is 0 Å².